The fourth-order valence-electron chi connectivity index (χ4n) is 5.47. The number of thioether (sulfide) groups is 1. The number of benzene rings is 3. The zero-order valence-corrected chi connectivity index (χ0v) is 25.0. The smallest absolute Gasteiger partial charge is 0.416 e. The maximum Gasteiger partial charge on any atom is 0.416 e. The molecular weight excluding hydrogens is 639 g/mol. The zero-order chi connectivity index (χ0) is 31.3. The third kappa shape index (κ3) is 5.29. The molecule has 3 heterocycles. The maximum atomic E-state index is 14.0. The number of amides is 3. The lowest BCUT2D eigenvalue weighted by molar-refractivity contribution is -0.137. The van der Waals surface area contributed by atoms with Gasteiger partial charge in [0, 0.05) is 27.1 Å². The predicted molar refractivity (Wildman–Crippen MR) is 161 cm³/mol. The molecular formula is C30H21ClF3N3O5S2. The van der Waals surface area contributed by atoms with Gasteiger partial charge < -0.3 is 10.1 Å². The fourth-order valence-corrected chi connectivity index (χ4v) is 8.36. The Morgan fingerprint density at radius 1 is 1.00 bits per heavy atom. The van der Waals surface area contributed by atoms with Crippen molar-refractivity contribution in [3.8, 4) is 5.75 Å². The van der Waals surface area contributed by atoms with Crippen molar-refractivity contribution in [3.63, 3.8) is 0 Å². The number of halogens is 4. The molecule has 1 aromatic heterocycles. The van der Waals surface area contributed by atoms with E-state index in [0.29, 0.717) is 31.9 Å². The first kappa shape index (κ1) is 30.0. The van der Waals surface area contributed by atoms with Gasteiger partial charge in [0.25, 0.3) is 0 Å². The van der Waals surface area contributed by atoms with Gasteiger partial charge in [0.1, 0.15) is 17.5 Å². The van der Waals surface area contributed by atoms with Crippen LogP contribution in [0.25, 0.3) is 0 Å². The number of ether oxygens (including phenoxy) is 1. The number of fused-ring (bicyclic) bond motifs is 2. The average molecular weight is 660 g/mol. The van der Waals surface area contributed by atoms with Crippen molar-refractivity contribution in [1.29, 1.82) is 0 Å². The largest absolute Gasteiger partial charge is 0.496 e. The van der Waals surface area contributed by atoms with Crippen LogP contribution in [0.4, 0.5) is 24.5 Å². The highest BCUT2D eigenvalue weighted by Crippen LogP contribution is 2.55. The van der Waals surface area contributed by atoms with Gasteiger partial charge in [-0.2, -0.15) is 13.2 Å². The number of aromatic nitrogens is 1. The molecule has 1 N–H and O–H groups in total. The first-order valence-electron chi connectivity index (χ1n) is 13.1. The molecule has 1 fully saturated rings. The number of thiazole rings is 1. The Morgan fingerprint density at radius 3 is 2.43 bits per heavy atom. The van der Waals surface area contributed by atoms with Crippen molar-refractivity contribution in [2.45, 2.75) is 28.9 Å². The summed E-state index contributed by atoms with van der Waals surface area (Å²) in [4.78, 5) is 55.0. The van der Waals surface area contributed by atoms with Gasteiger partial charge in [-0.05, 0) is 48.5 Å². The quantitative estimate of drug-likeness (QED) is 0.254. The molecule has 2 aliphatic heterocycles. The van der Waals surface area contributed by atoms with E-state index >= 15 is 0 Å². The second-order valence-corrected chi connectivity index (χ2v) is 12.6. The molecule has 0 saturated carbocycles. The summed E-state index contributed by atoms with van der Waals surface area (Å²) >= 11 is 7.72. The topological polar surface area (TPSA) is 97.7 Å². The van der Waals surface area contributed by atoms with E-state index in [1.807, 2.05) is 0 Å². The Hall–Kier alpha value is -4.07. The van der Waals surface area contributed by atoms with Gasteiger partial charge in [-0.15, -0.1) is 0 Å². The molecule has 8 nitrogen and oxygen atoms in total. The van der Waals surface area contributed by atoms with Gasteiger partial charge in [-0.25, -0.2) is 4.90 Å². The summed E-state index contributed by atoms with van der Waals surface area (Å²) in [6, 6.07) is 17.3. The molecule has 3 aromatic carbocycles. The molecule has 6 rings (SSSR count). The number of rotatable bonds is 6. The van der Waals surface area contributed by atoms with Gasteiger partial charge >= 0.3 is 11.0 Å². The van der Waals surface area contributed by atoms with E-state index in [2.05, 4.69) is 5.32 Å². The van der Waals surface area contributed by atoms with Crippen LogP contribution >= 0.6 is 34.7 Å². The van der Waals surface area contributed by atoms with Crippen molar-refractivity contribution in [2.24, 2.45) is 5.92 Å². The number of methoxy groups -OCH3 is 1. The standard InChI is InChI=1S/C30H21ClF3N3O5S2/c1-42-20-8-3-2-7-19(20)22-23-24(27(40)37(26(23)39)18-6-4-5-15(13-18)30(32,33)34)43-28-25(22)44-29(41)36(28)14-21(38)35-17-11-9-16(31)10-12-17/h2-13,22-24H,14H2,1H3,(H,35,38)/t22-,23?,24?/m1/s1. The van der Waals surface area contributed by atoms with Crippen LogP contribution in [0.5, 0.6) is 5.75 Å². The van der Waals surface area contributed by atoms with E-state index in [4.69, 9.17) is 16.3 Å². The number of para-hydroxylation sites is 1. The number of hydrogen-bond donors (Lipinski definition) is 1. The van der Waals surface area contributed by atoms with Crippen LogP contribution in [-0.4, -0.2) is 34.6 Å². The molecule has 0 aliphatic carbocycles. The van der Waals surface area contributed by atoms with E-state index in [0.717, 1.165) is 46.2 Å². The molecule has 2 aliphatic rings. The molecule has 0 spiro atoms. The molecule has 3 atom stereocenters. The predicted octanol–water partition coefficient (Wildman–Crippen LogP) is 6.03. The molecule has 0 radical (unpaired) electrons. The zero-order valence-electron chi connectivity index (χ0n) is 22.6. The van der Waals surface area contributed by atoms with E-state index in [-0.39, 0.29) is 12.2 Å². The van der Waals surface area contributed by atoms with E-state index < -0.39 is 51.4 Å². The Morgan fingerprint density at radius 2 is 1.73 bits per heavy atom. The van der Waals surface area contributed by atoms with Gasteiger partial charge in [-0.3, -0.25) is 23.7 Å². The summed E-state index contributed by atoms with van der Waals surface area (Å²) in [7, 11) is 1.44. The Balaban J connectivity index is 1.43. The van der Waals surface area contributed by atoms with Crippen LogP contribution in [0.1, 0.15) is 21.9 Å². The lowest BCUT2D eigenvalue weighted by Gasteiger charge is -2.31. The molecule has 4 aromatic rings. The van der Waals surface area contributed by atoms with E-state index in [1.165, 1.54) is 17.7 Å². The van der Waals surface area contributed by atoms with Crippen LogP contribution in [-0.2, 0) is 27.1 Å². The number of nitrogens with one attached hydrogen (secondary N) is 1. The summed E-state index contributed by atoms with van der Waals surface area (Å²) < 4.78 is 47.4. The minimum Gasteiger partial charge on any atom is -0.496 e. The maximum absolute atomic E-state index is 14.0. The molecule has 226 valence electrons. The summed E-state index contributed by atoms with van der Waals surface area (Å²) in [6.07, 6.45) is -4.68. The third-order valence-corrected chi connectivity index (χ3v) is 10.2. The van der Waals surface area contributed by atoms with Crippen LogP contribution in [0.15, 0.2) is 82.6 Å². The minimum atomic E-state index is -4.68. The number of anilines is 2. The molecule has 14 heteroatoms. The normalized spacial score (nSPS) is 19.5. The van der Waals surface area contributed by atoms with Gasteiger partial charge in [0.2, 0.25) is 17.7 Å². The number of imide groups is 1. The van der Waals surface area contributed by atoms with Crippen LogP contribution in [0, 0.1) is 5.92 Å². The molecule has 44 heavy (non-hydrogen) atoms. The monoisotopic (exact) mass is 659 g/mol. The number of alkyl halides is 3. The van der Waals surface area contributed by atoms with Gasteiger partial charge in [0.15, 0.2) is 0 Å². The summed E-state index contributed by atoms with van der Waals surface area (Å²) in [6.45, 7) is -0.379. The number of carbonyl (C=O) groups excluding carboxylic acids is 3. The van der Waals surface area contributed by atoms with Crippen molar-refractivity contribution in [1.82, 2.24) is 4.57 Å². The van der Waals surface area contributed by atoms with Crippen LogP contribution in [0.3, 0.4) is 0 Å². The van der Waals surface area contributed by atoms with Crippen LogP contribution in [0.2, 0.25) is 5.02 Å². The number of carbonyl (C=O) groups is 3. The molecule has 3 amide bonds. The molecule has 0 bridgehead atoms. The van der Waals surface area contributed by atoms with Crippen LogP contribution < -0.4 is 19.8 Å². The first-order valence-corrected chi connectivity index (χ1v) is 15.2. The second kappa shape index (κ2) is 11.5. The highest BCUT2D eigenvalue weighted by molar-refractivity contribution is 8.00. The van der Waals surface area contributed by atoms with Crippen molar-refractivity contribution in [3.05, 3.63) is 103 Å². The SMILES string of the molecule is COc1ccccc1[C@H]1c2sc(=O)n(CC(=O)Nc3ccc(Cl)cc3)c2SC2C(=O)N(c3cccc(C(F)(F)F)c3)C(=O)C21. The number of nitrogens with zero attached hydrogens (tertiary/aromatic N) is 2. The van der Waals surface area contributed by atoms with E-state index in [9.17, 15) is 32.3 Å². The van der Waals surface area contributed by atoms with Gasteiger partial charge in [0.05, 0.1) is 29.3 Å². The summed E-state index contributed by atoms with van der Waals surface area (Å²) in [5, 5.41) is 2.43. The Kier molecular flexibility index (Phi) is 7.80. The summed E-state index contributed by atoms with van der Waals surface area (Å²) in [5.41, 5.74) is -0.215. The van der Waals surface area contributed by atoms with Gasteiger partial charge in [-0.1, -0.05) is 59.0 Å². The fraction of sp³-hybridized carbons (Fsp3) is 0.200. The Bertz CT molecular complexity index is 1860. The lowest BCUT2D eigenvalue weighted by atomic mass is 9.82. The summed E-state index contributed by atoms with van der Waals surface area (Å²) in [5.74, 6) is -3.42. The second-order valence-electron chi connectivity index (χ2n) is 10.0. The van der Waals surface area contributed by atoms with Crippen molar-refractivity contribution in [2.75, 3.05) is 17.3 Å². The Labute approximate surface area is 261 Å². The van der Waals surface area contributed by atoms with Crippen molar-refractivity contribution < 1.29 is 32.3 Å². The lowest BCUT2D eigenvalue weighted by Crippen LogP contribution is -2.33. The average Bonchev–Trinajstić information content (AvgIpc) is 3.44. The number of hydrogen-bond acceptors (Lipinski definition) is 7. The van der Waals surface area contributed by atoms with Crippen molar-refractivity contribution >= 4 is 63.8 Å². The molecule has 2 unspecified atom stereocenters. The van der Waals surface area contributed by atoms with E-state index in [1.54, 1.807) is 48.5 Å². The minimum absolute atomic E-state index is 0.202. The highest BCUT2D eigenvalue weighted by Gasteiger charge is 2.57. The molecule has 1 saturated heterocycles. The highest BCUT2D eigenvalue weighted by atomic mass is 35.5. The third-order valence-electron chi connectivity index (χ3n) is 7.38. The first-order chi connectivity index (χ1) is 21.0.